The van der Waals surface area contributed by atoms with Crippen molar-refractivity contribution in [3.05, 3.63) is 0 Å². The van der Waals surface area contributed by atoms with Crippen molar-refractivity contribution >= 4 is 10.4 Å². The zero-order chi connectivity index (χ0) is 18.0. The Morgan fingerprint density at radius 1 is 0.870 bits per heavy atom. The van der Waals surface area contributed by atoms with Gasteiger partial charge in [-0.1, -0.05) is 58.3 Å². The molecule has 23 heavy (non-hydrogen) atoms. The summed E-state index contributed by atoms with van der Waals surface area (Å²) in [5.74, 6) is 0. The fourth-order valence-electron chi connectivity index (χ4n) is 2.10. The van der Waals surface area contributed by atoms with Gasteiger partial charge in [-0.15, -0.1) is 0 Å². The van der Waals surface area contributed by atoms with Crippen molar-refractivity contribution < 1.29 is 27.0 Å². The van der Waals surface area contributed by atoms with E-state index in [1.807, 2.05) is 0 Å². The quantitative estimate of drug-likeness (QED) is 0.277. The Morgan fingerprint density at radius 3 is 1.70 bits per heavy atom. The normalized spacial score (nSPS) is 12.6. The molecule has 0 aromatic rings. The van der Waals surface area contributed by atoms with Crippen LogP contribution in [0.5, 0.6) is 0 Å². The molecule has 0 aromatic heterocycles. The van der Waals surface area contributed by atoms with Crippen molar-refractivity contribution in [1.82, 2.24) is 0 Å². The maximum Gasteiger partial charge on any atom is 0.399 e. The maximum absolute atomic E-state index is 10.6. The van der Waals surface area contributed by atoms with Gasteiger partial charge in [-0.3, -0.25) is 4.55 Å². The Hall–Kier alpha value is -0.210. The van der Waals surface area contributed by atoms with Gasteiger partial charge in [0.1, 0.15) is 0 Å². The van der Waals surface area contributed by atoms with E-state index in [0.29, 0.717) is 13.0 Å². The molecule has 0 aromatic carbocycles. The molecule has 0 fully saturated rings. The predicted molar refractivity (Wildman–Crippen MR) is 92.7 cm³/mol. The lowest BCUT2D eigenvalue weighted by atomic mass is 10.1. The summed E-state index contributed by atoms with van der Waals surface area (Å²) >= 11 is 0. The summed E-state index contributed by atoms with van der Waals surface area (Å²) in [6, 6.07) is 0. The van der Waals surface area contributed by atoms with Crippen LogP contribution >= 0.6 is 0 Å². The Balaban J connectivity index is 0. The minimum Gasteiger partial charge on any atom is -0.397 e. The number of ether oxygens (including phenoxy) is 1. The van der Waals surface area contributed by atoms with E-state index in [1.165, 1.54) is 38.5 Å². The van der Waals surface area contributed by atoms with Crippen LogP contribution in [0.4, 0.5) is 0 Å². The second kappa shape index (κ2) is 18.1. The number of aliphatic hydroxyl groups is 1. The van der Waals surface area contributed by atoms with Gasteiger partial charge in [-0.25, -0.2) is 4.18 Å². The summed E-state index contributed by atoms with van der Waals surface area (Å²) in [5, 5.41) is 7.57. The monoisotopic (exact) mass is 356 g/mol. The third-order valence-electron chi connectivity index (χ3n) is 3.12. The molecule has 0 amide bonds. The standard InChI is InChI=1S/C14H30O5S.C2H6O/c1-3-5-6-7-8-9-10-11-12-13-14(18-4-2)19-20(15,16)17;1-2-3/h14H,3-13H2,1-2H3,(H,15,16,17);3H,2H2,1H3. The van der Waals surface area contributed by atoms with Crippen molar-refractivity contribution in [3.8, 4) is 0 Å². The number of aliphatic hydroxyl groups excluding tert-OH is 1. The molecule has 0 heterocycles. The van der Waals surface area contributed by atoms with E-state index in [-0.39, 0.29) is 6.61 Å². The van der Waals surface area contributed by atoms with Gasteiger partial charge in [0.25, 0.3) is 0 Å². The van der Waals surface area contributed by atoms with Gasteiger partial charge in [-0.2, -0.15) is 8.42 Å². The van der Waals surface area contributed by atoms with Crippen LogP contribution in [-0.4, -0.2) is 37.6 Å². The fourth-order valence-corrected chi connectivity index (χ4v) is 2.53. The van der Waals surface area contributed by atoms with Crippen LogP contribution < -0.4 is 0 Å². The topological polar surface area (TPSA) is 93.1 Å². The van der Waals surface area contributed by atoms with Crippen LogP contribution in [0.1, 0.15) is 85.0 Å². The van der Waals surface area contributed by atoms with Crippen molar-refractivity contribution in [1.29, 1.82) is 0 Å². The molecular weight excluding hydrogens is 320 g/mol. The molecule has 0 aliphatic rings. The summed E-state index contributed by atoms with van der Waals surface area (Å²) < 4.78 is 39.5. The first-order chi connectivity index (χ1) is 10.9. The van der Waals surface area contributed by atoms with Gasteiger partial charge < -0.3 is 9.84 Å². The lowest BCUT2D eigenvalue weighted by Gasteiger charge is -2.14. The van der Waals surface area contributed by atoms with Crippen molar-refractivity contribution in [2.75, 3.05) is 13.2 Å². The molecule has 0 bridgehead atoms. The summed E-state index contributed by atoms with van der Waals surface area (Å²) in [7, 11) is -4.43. The van der Waals surface area contributed by atoms with Gasteiger partial charge in [0.2, 0.25) is 0 Å². The van der Waals surface area contributed by atoms with E-state index in [1.54, 1.807) is 13.8 Å². The highest BCUT2D eigenvalue weighted by Gasteiger charge is 2.16. The van der Waals surface area contributed by atoms with Crippen molar-refractivity contribution in [2.45, 2.75) is 91.3 Å². The highest BCUT2D eigenvalue weighted by atomic mass is 32.3. The van der Waals surface area contributed by atoms with E-state index in [4.69, 9.17) is 14.4 Å². The van der Waals surface area contributed by atoms with E-state index in [2.05, 4.69) is 11.1 Å². The first kappa shape index (κ1) is 25.0. The molecule has 142 valence electrons. The molecule has 2 N–H and O–H groups in total. The Kier molecular flexibility index (Phi) is 19.7. The molecule has 6 nitrogen and oxygen atoms in total. The first-order valence-electron chi connectivity index (χ1n) is 8.79. The molecule has 7 heteroatoms. The second-order valence-electron chi connectivity index (χ2n) is 5.34. The van der Waals surface area contributed by atoms with E-state index in [9.17, 15) is 8.42 Å². The summed E-state index contributed by atoms with van der Waals surface area (Å²) in [5.41, 5.74) is 0. The first-order valence-corrected chi connectivity index (χ1v) is 10.2. The maximum atomic E-state index is 10.6. The van der Waals surface area contributed by atoms with Crippen LogP contribution in [0.3, 0.4) is 0 Å². The number of hydrogen-bond donors (Lipinski definition) is 2. The molecule has 0 aliphatic carbocycles. The average molecular weight is 357 g/mol. The second-order valence-corrected chi connectivity index (χ2v) is 6.39. The van der Waals surface area contributed by atoms with Crippen molar-refractivity contribution in [3.63, 3.8) is 0 Å². The molecule has 1 atom stereocenters. The Labute approximate surface area is 142 Å². The highest BCUT2D eigenvalue weighted by molar-refractivity contribution is 7.80. The Morgan fingerprint density at radius 2 is 1.30 bits per heavy atom. The molecule has 0 saturated carbocycles. The van der Waals surface area contributed by atoms with Gasteiger partial charge in [-0.05, 0) is 26.7 Å². The molecule has 0 spiro atoms. The predicted octanol–water partition coefficient (Wildman–Crippen LogP) is 4.09. The molecule has 0 aliphatic heterocycles. The molecule has 0 radical (unpaired) electrons. The summed E-state index contributed by atoms with van der Waals surface area (Å²) in [4.78, 5) is 0. The van der Waals surface area contributed by atoms with Crippen LogP contribution in [0.25, 0.3) is 0 Å². The number of rotatable bonds is 14. The van der Waals surface area contributed by atoms with Gasteiger partial charge in [0.05, 0.1) is 0 Å². The van der Waals surface area contributed by atoms with E-state index < -0.39 is 16.7 Å². The third-order valence-corrected chi connectivity index (χ3v) is 3.58. The summed E-state index contributed by atoms with van der Waals surface area (Å²) in [6.07, 6.45) is 10.4. The minimum absolute atomic E-state index is 0.250. The van der Waals surface area contributed by atoms with Gasteiger partial charge in [0.15, 0.2) is 6.29 Å². The lowest BCUT2D eigenvalue weighted by molar-refractivity contribution is -0.0819. The van der Waals surface area contributed by atoms with Crippen LogP contribution in [0, 0.1) is 0 Å². The van der Waals surface area contributed by atoms with E-state index >= 15 is 0 Å². The molecular formula is C16H36O6S. The highest BCUT2D eigenvalue weighted by Crippen LogP contribution is 2.14. The average Bonchev–Trinajstić information content (AvgIpc) is 2.45. The van der Waals surface area contributed by atoms with Crippen molar-refractivity contribution in [2.24, 2.45) is 0 Å². The largest absolute Gasteiger partial charge is 0.399 e. The Bertz CT molecular complexity index is 319. The summed E-state index contributed by atoms with van der Waals surface area (Å²) in [6.45, 7) is 6.26. The molecule has 1 unspecified atom stereocenters. The molecule has 0 rings (SSSR count). The zero-order valence-electron chi connectivity index (χ0n) is 15.0. The number of unbranched alkanes of at least 4 members (excludes halogenated alkanes) is 8. The van der Waals surface area contributed by atoms with Gasteiger partial charge in [0, 0.05) is 13.2 Å². The van der Waals surface area contributed by atoms with Crippen LogP contribution in [-0.2, 0) is 19.3 Å². The van der Waals surface area contributed by atoms with Crippen LogP contribution in [0.15, 0.2) is 0 Å². The third kappa shape index (κ3) is 24.2. The fraction of sp³-hybridized carbons (Fsp3) is 1.00. The lowest BCUT2D eigenvalue weighted by Crippen LogP contribution is -2.21. The zero-order valence-corrected chi connectivity index (χ0v) is 15.8. The van der Waals surface area contributed by atoms with Gasteiger partial charge >= 0.3 is 10.4 Å². The SMILES string of the molecule is CCCCCCCCCCCC(OCC)OS(=O)(=O)O.CCO. The number of hydrogen-bond acceptors (Lipinski definition) is 5. The van der Waals surface area contributed by atoms with Crippen LogP contribution in [0.2, 0.25) is 0 Å². The smallest absolute Gasteiger partial charge is 0.397 e. The minimum atomic E-state index is -4.43. The van der Waals surface area contributed by atoms with E-state index in [0.717, 1.165) is 19.3 Å². The molecule has 0 saturated heterocycles.